The summed E-state index contributed by atoms with van der Waals surface area (Å²) in [7, 11) is 1.15. The van der Waals surface area contributed by atoms with Crippen molar-refractivity contribution >= 4 is 19.4 Å². The first-order valence-corrected chi connectivity index (χ1v) is 4.79. The SMILES string of the molecule is CCN1CPS1. The Labute approximate surface area is 44.1 Å². The Hall–Kier alpha value is 0.740. The molecular formula is C3H8NPS. The predicted octanol–water partition coefficient (Wildman–Crippen LogP) is 1.52. The maximum absolute atomic E-state index is 2.36. The summed E-state index contributed by atoms with van der Waals surface area (Å²) in [5.41, 5.74) is 0. The van der Waals surface area contributed by atoms with E-state index in [0.29, 0.717) is 0 Å². The molecule has 1 aliphatic rings. The van der Waals surface area contributed by atoms with Gasteiger partial charge < -0.3 is 0 Å². The Morgan fingerprint density at radius 2 is 2.67 bits per heavy atom. The molecule has 0 amide bonds. The van der Waals surface area contributed by atoms with E-state index in [1.165, 1.54) is 12.8 Å². The topological polar surface area (TPSA) is 3.24 Å². The lowest BCUT2D eigenvalue weighted by Gasteiger charge is -2.26. The van der Waals surface area contributed by atoms with Gasteiger partial charge in [0.15, 0.2) is 0 Å². The zero-order valence-corrected chi connectivity index (χ0v) is 5.59. The van der Waals surface area contributed by atoms with E-state index in [2.05, 4.69) is 11.2 Å². The van der Waals surface area contributed by atoms with Crippen molar-refractivity contribution in [3.05, 3.63) is 0 Å². The van der Waals surface area contributed by atoms with Gasteiger partial charge in [-0.15, -0.1) is 0 Å². The average molecular weight is 121 g/mol. The van der Waals surface area contributed by atoms with E-state index in [4.69, 9.17) is 0 Å². The maximum atomic E-state index is 2.36. The molecule has 1 heterocycles. The van der Waals surface area contributed by atoms with Gasteiger partial charge in [-0.25, -0.2) is 4.31 Å². The van der Waals surface area contributed by atoms with Crippen molar-refractivity contribution in [2.75, 3.05) is 12.8 Å². The fourth-order valence-electron chi connectivity index (χ4n) is 0.332. The summed E-state index contributed by atoms with van der Waals surface area (Å²) >= 11 is 1.97. The zero-order chi connectivity index (χ0) is 4.41. The second kappa shape index (κ2) is 2.15. The summed E-state index contributed by atoms with van der Waals surface area (Å²) in [6.45, 7) is 3.41. The second-order valence-corrected chi connectivity index (χ2v) is 3.91. The summed E-state index contributed by atoms with van der Waals surface area (Å²) in [5.74, 6) is 0. The fourth-order valence-corrected chi connectivity index (χ4v) is 2.32. The molecule has 1 saturated heterocycles. The van der Waals surface area contributed by atoms with Crippen LogP contribution in [0.5, 0.6) is 0 Å². The van der Waals surface area contributed by atoms with Crippen molar-refractivity contribution in [2.45, 2.75) is 6.92 Å². The molecule has 0 saturated carbocycles. The first-order valence-electron chi connectivity index (χ1n) is 2.08. The van der Waals surface area contributed by atoms with Crippen molar-refractivity contribution in [3.8, 4) is 0 Å². The maximum Gasteiger partial charge on any atom is 0.0372 e. The monoisotopic (exact) mass is 121 g/mol. The normalized spacial score (nSPS) is 27.5. The predicted molar refractivity (Wildman–Crippen MR) is 33.2 cm³/mol. The van der Waals surface area contributed by atoms with Gasteiger partial charge in [0, 0.05) is 12.8 Å². The molecule has 0 spiro atoms. The van der Waals surface area contributed by atoms with Gasteiger partial charge in [-0.2, -0.15) is 0 Å². The third kappa shape index (κ3) is 0.868. The molecular weight excluding hydrogens is 113 g/mol. The highest BCUT2D eigenvalue weighted by atomic mass is 32.7. The molecule has 0 N–H and O–H groups in total. The summed E-state index contributed by atoms with van der Waals surface area (Å²) in [6, 6.07) is 0. The average Bonchev–Trinajstić information content (AvgIpc) is 1.31. The zero-order valence-electron chi connectivity index (χ0n) is 3.77. The van der Waals surface area contributed by atoms with Gasteiger partial charge >= 0.3 is 0 Å². The summed E-state index contributed by atoms with van der Waals surface area (Å²) in [5, 5.41) is 0. The van der Waals surface area contributed by atoms with Gasteiger partial charge in [0.25, 0.3) is 0 Å². The standard InChI is InChI=1S/C3H8NPS/c1-2-4-3-5-6-4/h5H,2-3H2,1H3. The highest BCUT2D eigenvalue weighted by molar-refractivity contribution is 8.50. The first-order chi connectivity index (χ1) is 2.93. The third-order valence-electron chi connectivity index (χ3n) is 0.787. The first kappa shape index (κ1) is 4.89. The Morgan fingerprint density at radius 1 is 2.00 bits per heavy atom. The third-order valence-corrected chi connectivity index (χ3v) is 3.85. The molecule has 0 radical (unpaired) electrons. The molecule has 1 aliphatic heterocycles. The van der Waals surface area contributed by atoms with Gasteiger partial charge in [0.2, 0.25) is 0 Å². The molecule has 1 rings (SSSR count). The smallest absolute Gasteiger partial charge is 0.0372 e. The number of nitrogens with zero attached hydrogens (tertiary/aromatic N) is 1. The molecule has 1 fully saturated rings. The van der Waals surface area contributed by atoms with Crippen LogP contribution in [0.3, 0.4) is 0 Å². The lowest BCUT2D eigenvalue weighted by molar-refractivity contribution is 0.574. The van der Waals surface area contributed by atoms with E-state index in [1.807, 2.05) is 11.6 Å². The molecule has 0 bridgehead atoms. The highest BCUT2D eigenvalue weighted by Gasteiger charge is 2.10. The lowest BCUT2D eigenvalue weighted by atomic mass is 10.8. The van der Waals surface area contributed by atoms with E-state index < -0.39 is 0 Å². The second-order valence-electron chi connectivity index (χ2n) is 1.19. The van der Waals surface area contributed by atoms with Gasteiger partial charge in [-0.05, 0) is 7.78 Å². The van der Waals surface area contributed by atoms with Crippen LogP contribution >= 0.6 is 19.4 Å². The molecule has 0 aromatic rings. The van der Waals surface area contributed by atoms with Crippen LogP contribution in [-0.4, -0.2) is 17.1 Å². The van der Waals surface area contributed by atoms with E-state index in [-0.39, 0.29) is 0 Å². The Kier molecular flexibility index (Phi) is 1.75. The highest BCUT2D eigenvalue weighted by Crippen LogP contribution is 2.44. The number of hydrogen-bond acceptors (Lipinski definition) is 2. The quantitative estimate of drug-likeness (QED) is 0.382. The van der Waals surface area contributed by atoms with Crippen LogP contribution in [-0.2, 0) is 0 Å². The fraction of sp³-hybridized carbons (Fsp3) is 1.00. The van der Waals surface area contributed by atoms with Crippen molar-refractivity contribution in [3.63, 3.8) is 0 Å². The van der Waals surface area contributed by atoms with Crippen LogP contribution in [0.1, 0.15) is 6.92 Å². The van der Waals surface area contributed by atoms with Gasteiger partial charge in [0.05, 0.1) is 0 Å². The van der Waals surface area contributed by atoms with Crippen molar-refractivity contribution in [2.24, 2.45) is 0 Å². The van der Waals surface area contributed by atoms with Gasteiger partial charge in [-0.1, -0.05) is 18.5 Å². The number of rotatable bonds is 1. The molecule has 1 unspecified atom stereocenters. The van der Waals surface area contributed by atoms with Crippen LogP contribution in [0.4, 0.5) is 0 Å². The molecule has 0 aromatic heterocycles. The molecule has 0 aromatic carbocycles. The number of hydrogen-bond donors (Lipinski definition) is 0. The van der Waals surface area contributed by atoms with E-state index in [0.717, 1.165) is 7.78 Å². The van der Waals surface area contributed by atoms with Crippen LogP contribution in [0.25, 0.3) is 0 Å². The Morgan fingerprint density at radius 3 is 2.67 bits per heavy atom. The lowest BCUT2D eigenvalue weighted by Crippen LogP contribution is -2.17. The largest absolute Gasteiger partial charge is 0.243 e. The Bertz CT molecular complexity index is 43.3. The van der Waals surface area contributed by atoms with Crippen LogP contribution in [0.2, 0.25) is 0 Å². The molecule has 1 nitrogen and oxygen atoms in total. The van der Waals surface area contributed by atoms with Gasteiger partial charge in [0.1, 0.15) is 0 Å². The summed E-state index contributed by atoms with van der Waals surface area (Å²) in [4.78, 5) is 0. The van der Waals surface area contributed by atoms with Crippen molar-refractivity contribution in [1.29, 1.82) is 0 Å². The van der Waals surface area contributed by atoms with E-state index >= 15 is 0 Å². The minimum absolute atomic E-state index is 1.15. The van der Waals surface area contributed by atoms with E-state index in [9.17, 15) is 0 Å². The van der Waals surface area contributed by atoms with Crippen LogP contribution in [0.15, 0.2) is 0 Å². The van der Waals surface area contributed by atoms with E-state index in [1.54, 1.807) is 0 Å². The molecule has 1 atom stereocenters. The van der Waals surface area contributed by atoms with Crippen LogP contribution in [0, 0.1) is 0 Å². The molecule has 6 heavy (non-hydrogen) atoms. The minimum Gasteiger partial charge on any atom is -0.243 e. The van der Waals surface area contributed by atoms with Crippen molar-refractivity contribution < 1.29 is 0 Å². The molecule has 36 valence electrons. The summed E-state index contributed by atoms with van der Waals surface area (Å²) in [6.07, 6.45) is 1.33. The molecule has 0 aliphatic carbocycles. The minimum atomic E-state index is 1.15. The van der Waals surface area contributed by atoms with Gasteiger partial charge in [-0.3, -0.25) is 0 Å². The van der Waals surface area contributed by atoms with Crippen LogP contribution < -0.4 is 0 Å². The molecule has 3 heteroatoms. The van der Waals surface area contributed by atoms with Crippen molar-refractivity contribution in [1.82, 2.24) is 4.31 Å². The Balaban J connectivity index is 2.01. The summed E-state index contributed by atoms with van der Waals surface area (Å²) < 4.78 is 2.36.